The van der Waals surface area contributed by atoms with Crippen LogP contribution in [0.2, 0.25) is 0 Å². The number of nitrogens with two attached hydrogens (primary N) is 1. The summed E-state index contributed by atoms with van der Waals surface area (Å²) in [5.41, 5.74) is 5.70. The van der Waals surface area contributed by atoms with E-state index in [2.05, 4.69) is 4.98 Å². The van der Waals surface area contributed by atoms with Crippen LogP contribution in [0, 0.1) is 5.92 Å². The molecule has 2 N–H and O–H groups in total. The Bertz CT molecular complexity index is 807. The zero-order valence-electron chi connectivity index (χ0n) is 13.3. The topological polar surface area (TPSA) is 81.2 Å². The Morgan fingerprint density at radius 3 is 2.44 bits per heavy atom. The van der Waals surface area contributed by atoms with Gasteiger partial charge in [0.15, 0.2) is 0 Å². The first kappa shape index (κ1) is 17.2. The number of likely N-dealkylation sites (tertiary alicyclic amines) is 1. The molecule has 1 fully saturated rings. The van der Waals surface area contributed by atoms with Crippen molar-refractivity contribution in [2.45, 2.75) is 25.6 Å². The summed E-state index contributed by atoms with van der Waals surface area (Å²) in [6.07, 6.45) is -3.80. The van der Waals surface area contributed by atoms with Gasteiger partial charge in [0.05, 0.1) is 11.0 Å². The van der Waals surface area contributed by atoms with Crippen LogP contribution in [0.15, 0.2) is 24.3 Å². The summed E-state index contributed by atoms with van der Waals surface area (Å²) in [5.74, 6) is -2.22. The summed E-state index contributed by atoms with van der Waals surface area (Å²) in [7, 11) is 0. The Morgan fingerprint density at radius 1 is 1.20 bits per heavy atom. The number of nitrogens with zero attached hydrogens (tertiary/aromatic N) is 3. The van der Waals surface area contributed by atoms with Crippen molar-refractivity contribution in [3.05, 3.63) is 30.1 Å². The van der Waals surface area contributed by atoms with Crippen LogP contribution in [-0.4, -0.2) is 39.4 Å². The van der Waals surface area contributed by atoms with Crippen molar-refractivity contribution >= 4 is 22.8 Å². The molecule has 2 amide bonds. The van der Waals surface area contributed by atoms with Gasteiger partial charge in [-0.25, -0.2) is 4.98 Å². The molecular formula is C16H17F3N4O2. The lowest BCUT2D eigenvalue weighted by Gasteiger charge is -2.31. The van der Waals surface area contributed by atoms with Crippen LogP contribution in [-0.2, 0) is 22.3 Å². The third-order valence-electron chi connectivity index (χ3n) is 4.45. The Hall–Kier alpha value is -2.58. The first-order valence-corrected chi connectivity index (χ1v) is 7.87. The number of benzene rings is 1. The fourth-order valence-electron chi connectivity index (χ4n) is 3.10. The minimum Gasteiger partial charge on any atom is -0.369 e. The number of fused-ring (bicyclic) bond motifs is 1. The second kappa shape index (κ2) is 6.38. The number of alkyl halides is 3. The van der Waals surface area contributed by atoms with Crippen molar-refractivity contribution in [3.63, 3.8) is 0 Å². The van der Waals surface area contributed by atoms with Crippen molar-refractivity contribution in [2.75, 3.05) is 13.1 Å². The number of hydrogen-bond acceptors (Lipinski definition) is 3. The summed E-state index contributed by atoms with van der Waals surface area (Å²) in [5, 5.41) is 0. The van der Waals surface area contributed by atoms with Gasteiger partial charge >= 0.3 is 6.18 Å². The molecule has 0 spiro atoms. The number of aromatic nitrogens is 2. The molecular weight excluding hydrogens is 337 g/mol. The highest BCUT2D eigenvalue weighted by Gasteiger charge is 2.38. The Kier molecular flexibility index (Phi) is 4.40. The fraction of sp³-hybridized carbons (Fsp3) is 0.438. The molecule has 2 heterocycles. The molecule has 1 saturated heterocycles. The molecule has 0 radical (unpaired) electrons. The highest BCUT2D eigenvalue weighted by Crippen LogP contribution is 2.31. The number of piperidine rings is 1. The molecule has 3 rings (SSSR count). The third-order valence-corrected chi connectivity index (χ3v) is 4.45. The average molecular weight is 354 g/mol. The first-order valence-electron chi connectivity index (χ1n) is 7.87. The zero-order valence-corrected chi connectivity index (χ0v) is 13.3. The van der Waals surface area contributed by atoms with E-state index in [-0.39, 0.29) is 17.0 Å². The lowest BCUT2D eigenvalue weighted by atomic mass is 9.96. The van der Waals surface area contributed by atoms with Crippen LogP contribution in [0.1, 0.15) is 18.7 Å². The predicted octanol–water partition coefficient (Wildman–Crippen LogP) is 1.78. The molecule has 0 saturated carbocycles. The van der Waals surface area contributed by atoms with Gasteiger partial charge in [0, 0.05) is 19.0 Å². The predicted molar refractivity (Wildman–Crippen MR) is 83.2 cm³/mol. The second-order valence-electron chi connectivity index (χ2n) is 6.07. The van der Waals surface area contributed by atoms with Crippen molar-refractivity contribution in [3.8, 4) is 0 Å². The van der Waals surface area contributed by atoms with E-state index >= 15 is 0 Å². The van der Waals surface area contributed by atoms with E-state index < -0.39 is 30.4 Å². The average Bonchev–Trinajstić information content (AvgIpc) is 2.94. The van der Waals surface area contributed by atoms with Crippen molar-refractivity contribution < 1.29 is 22.8 Å². The van der Waals surface area contributed by atoms with Crippen LogP contribution >= 0.6 is 0 Å². The van der Waals surface area contributed by atoms with Crippen molar-refractivity contribution in [1.29, 1.82) is 0 Å². The van der Waals surface area contributed by atoms with E-state index in [1.165, 1.54) is 17.0 Å². The molecule has 0 unspecified atom stereocenters. The minimum atomic E-state index is -4.65. The van der Waals surface area contributed by atoms with E-state index in [4.69, 9.17) is 5.73 Å². The van der Waals surface area contributed by atoms with Crippen LogP contribution in [0.3, 0.4) is 0 Å². The minimum absolute atomic E-state index is 0.190. The van der Waals surface area contributed by atoms with Gasteiger partial charge < -0.3 is 15.2 Å². The first-order chi connectivity index (χ1) is 11.8. The summed E-state index contributed by atoms with van der Waals surface area (Å²) >= 11 is 0. The molecule has 25 heavy (non-hydrogen) atoms. The standard InChI is InChI=1S/C16H17F3N4O2/c17-16(18,19)15-21-11-3-1-2-4-12(11)23(15)9-13(24)22-7-5-10(6-8-22)14(20)25/h1-4,10H,5-9H2,(H2,20,25). The highest BCUT2D eigenvalue weighted by atomic mass is 19.4. The number of halogens is 3. The van der Waals surface area contributed by atoms with Crippen molar-refractivity contribution in [1.82, 2.24) is 14.5 Å². The van der Waals surface area contributed by atoms with E-state index in [0.29, 0.717) is 25.9 Å². The van der Waals surface area contributed by atoms with Gasteiger partial charge in [0.1, 0.15) is 6.54 Å². The van der Waals surface area contributed by atoms with Gasteiger partial charge in [0.25, 0.3) is 0 Å². The molecule has 1 aliphatic heterocycles. The number of amides is 2. The number of para-hydroxylation sites is 2. The van der Waals surface area contributed by atoms with E-state index in [9.17, 15) is 22.8 Å². The number of carbonyl (C=O) groups excluding carboxylic acids is 2. The van der Waals surface area contributed by atoms with Gasteiger partial charge in [-0.15, -0.1) is 0 Å². The van der Waals surface area contributed by atoms with E-state index in [1.54, 1.807) is 12.1 Å². The Labute approximate surface area is 141 Å². The molecule has 0 aliphatic carbocycles. The smallest absolute Gasteiger partial charge is 0.369 e. The number of carbonyl (C=O) groups is 2. The number of hydrogen-bond donors (Lipinski definition) is 1. The van der Waals surface area contributed by atoms with Crippen LogP contribution in [0.25, 0.3) is 11.0 Å². The summed E-state index contributed by atoms with van der Waals surface area (Å²) in [6.45, 7) is 0.164. The van der Waals surface area contributed by atoms with Gasteiger partial charge in [-0.3, -0.25) is 9.59 Å². The molecule has 0 atom stereocenters. The fourth-order valence-corrected chi connectivity index (χ4v) is 3.10. The lowest BCUT2D eigenvalue weighted by Crippen LogP contribution is -2.43. The van der Waals surface area contributed by atoms with Gasteiger partial charge in [0.2, 0.25) is 17.6 Å². The Morgan fingerprint density at radius 2 is 1.84 bits per heavy atom. The quantitative estimate of drug-likeness (QED) is 0.912. The molecule has 1 aromatic carbocycles. The van der Waals surface area contributed by atoms with Crippen molar-refractivity contribution in [2.24, 2.45) is 11.7 Å². The van der Waals surface area contributed by atoms with Crippen LogP contribution in [0.4, 0.5) is 13.2 Å². The molecule has 1 aromatic heterocycles. The maximum atomic E-state index is 13.3. The van der Waals surface area contributed by atoms with Crippen LogP contribution in [0.5, 0.6) is 0 Å². The van der Waals surface area contributed by atoms with Gasteiger partial charge in [-0.2, -0.15) is 13.2 Å². The molecule has 134 valence electrons. The third kappa shape index (κ3) is 3.45. The number of rotatable bonds is 3. The lowest BCUT2D eigenvalue weighted by molar-refractivity contribution is -0.148. The largest absolute Gasteiger partial charge is 0.449 e. The summed E-state index contributed by atoms with van der Waals surface area (Å²) < 4.78 is 40.7. The Balaban J connectivity index is 1.83. The second-order valence-corrected chi connectivity index (χ2v) is 6.07. The molecule has 9 heteroatoms. The monoisotopic (exact) mass is 354 g/mol. The summed E-state index contributed by atoms with van der Waals surface area (Å²) in [4.78, 5) is 28.7. The highest BCUT2D eigenvalue weighted by molar-refractivity contribution is 5.82. The number of imidazole rings is 1. The maximum Gasteiger partial charge on any atom is 0.449 e. The molecule has 1 aliphatic rings. The summed E-state index contributed by atoms with van der Waals surface area (Å²) in [6, 6.07) is 6.17. The molecule has 2 aromatic rings. The SMILES string of the molecule is NC(=O)C1CCN(C(=O)Cn2c(C(F)(F)F)nc3ccccc32)CC1. The number of primary amides is 1. The maximum absolute atomic E-state index is 13.3. The molecule has 0 bridgehead atoms. The zero-order chi connectivity index (χ0) is 18.2. The normalized spacial score (nSPS) is 16.4. The van der Waals surface area contributed by atoms with E-state index in [0.717, 1.165) is 4.57 Å². The van der Waals surface area contributed by atoms with E-state index in [1.807, 2.05) is 0 Å². The van der Waals surface area contributed by atoms with Crippen LogP contribution < -0.4 is 5.73 Å². The van der Waals surface area contributed by atoms with Gasteiger partial charge in [-0.05, 0) is 25.0 Å². The molecule has 6 nitrogen and oxygen atoms in total. The van der Waals surface area contributed by atoms with Gasteiger partial charge in [-0.1, -0.05) is 12.1 Å².